The van der Waals surface area contributed by atoms with Crippen LogP contribution in [0.15, 0.2) is 18.2 Å². The lowest BCUT2D eigenvalue weighted by Gasteiger charge is -2.35. The predicted molar refractivity (Wildman–Crippen MR) is 80.2 cm³/mol. The summed E-state index contributed by atoms with van der Waals surface area (Å²) in [6, 6.07) is 3.47. The van der Waals surface area contributed by atoms with E-state index < -0.39 is 17.8 Å². The molecule has 1 saturated heterocycles. The number of hydrogen-bond donors (Lipinski definition) is 1. The summed E-state index contributed by atoms with van der Waals surface area (Å²) in [5.74, 6) is -1.68. The maximum Gasteiger partial charge on any atom is 0.451 e. The molecule has 1 aliphatic rings. The van der Waals surface area contributed by atoms with Crippen LogP contribution in [0.1, 0.15) is 5.82 Å². The van der Waals surface area contributed by atoms with Crippen molar-refractivity contribution in [2.24, 2.45) is 0 Å². The molecule has 2 aromatic rings. The normalized spacial score (nSPS) is 16.8. The fraction of sp³-hybridized carbons (Fsp3) is 0.467. The van der Waals surface area contributed by atoms with E-state index in [1.165, 1.54) is 6.07 Å². The van der Waals surface area contributed by atoms with Gasteiger partial charge in [0.1, 0.15) is 11.6 Å². The topological polar surface area (TPSA) is 52.5 Å². The third-order valence-electron chi connectivity index (χ3n) is 3.98. The highest BCUT2D eigenvalue weighted by Gasteiger charge is 2.36. The molecule has 1 N–H and O–H groups in total. The third kappa shape index (κ3) is 3.41. The zero-order valence-electron chi connectivity index (χ0n) is 12.7. The van der Waals surface area contributed by atoms with E-state index in [1.54, 1.807) is 4.90 Å². The van der Waals surface area contributed by atoms with E-state index in [9.17, 15) is 17.6 Å². The molecule has 0 amide bonds. The van der Waals surface area contributed by atoms with Crippen molar-refractivity contribution < 1.29 is 22.7 Å². The summed E-state index contributed by atoms with van der Waals surface area (Å²) in [6.45, 7) is 2.60. The number of benzene rings is 1. The average Bonchev–Trinajstić information content (AvgIpc) is 2.54. The number of aliphatic hydroxyl groups is 1. The maximum atomic E-state index is 13.5. The fourth-order valence-electron chi connectivity index (χ4n) is 2.78. The first-order valence-corrected chi connectivity index (χ1v) is 7.51. The molecule has 1 aromatic heterocycles. The number of anilines is 1. The van der Waals surface area contributed by atoms with Gasteiger partial charge in [0.15, 0.2) is 0 Å². The number of rotatable bonds is 3. The van der Waals surface area contributed by atoms with Crippen LogP contribution in [-0.4, -0.2) is 59.3 Å². The van der Waals surface area contributed by atoms with Crippen LogP contribution >= 0.6 is 0 Å². The zero-order chi connectivity index (χ0) is 17.3. The van der Waals surface area contributed by atoms with Crippen LogP contribution in [0.25, 0.3) is 10.9 Å². The number of alkyl halides is 3. The summed E-state index contributed by atoms with van der Waals surface area (Å²) in [5.41, 5.74) is 0.0616. The minimum absolute atomic E-state index is 0.0276. The number of aromatic nitrogens is 2. The molecule has 0 unspecified atom stereocenters. The van der Waals surface area contributed by atoms with Gasteiger partial charge in [-0.3, -0.25) is 4.90 Å². The lowest BCUT2D eigenvalue weighted by molar-refractivity contribution is -0.144. The Morgan fingerprint density at radius 3 is 2.42 bits per heavy atom. The summed E-state index contributed by atoms with van der Waals surface area (Å²) < 4.78 is 52.7. The van der Waals surface area contributed by atoms with Gasteiger partial charge in [-0.15, -0.1) is 0 Å². The predicted octanol–water partition coefficient (Wildman–Crippen LogP) is 1.90. The number of piperazine rings is 1. The largest absolute Gasteiger partial charge is 0.451 e. The Morgan fingerprint density at radius 1 is 1.08 bits per heavy atom. The fourth-order valence-corrected chi connectivity index (χ4v) is 2.78. The van der Waals surface area contributed by atoms with Crippen LogP contribution in [0, 0.1) is 5.82 Å². The van der Waals surface area contributed by atoms with Crippen molar-refractivity contribution in [2.75, 3.05) is 44.2 Å². The second kappa shape index (κ2) is 6.48. The molecule has 0 atom stereocenters. The van der Waals surface area contributed by atoms with Gasteiger partial charge in [-0.2, -0.15) is 13.2 Å². The van der Waals surface area contributed by atoms with E-state index in [0.717, 1.165) is 12.1 Å². The molecule has 5 nitrogen and oxygen atoms in total. The molecule has 1 fully saturated rings. The van der Waals surface area contributed by atoms with Gasteiger partial charge >= 0.3 is 6.18 Å². The Bertz CT molecular complexity index is 729. The molecule has 2 heterocycles. The van der Waals surface area contributed by atoms with E-state index in [-0.39, 0.29) is 23.3 Å². The second-order valence-electron chi connectivity index (χ2n) is 5.58. The van der Waals surface area contributed by atoms with Crippen molar-refractivity contribution in [3.63, 3.8) is 0 Å². The van der Waals surface area contributed by atoms with Crippen molar-refractivity contribution in [2.45, 2.75) is 6.18 Å². The lowest BCUT2D eigenvalue weighted by atomic mass is 10.2. The Hall–Kier alpha value is -2.00. The van der Waals surface area contributed by atoms with Gasteiger partial charge in [0.05, 0.1) is 12.1 Å². The Balaban J connectivity index is 2.00. The molecular weight excluding hydrogens is 328 g/mol. The van der Waals surface area contributed by atoms with Crippen LogP contribution in [0.3, 0.4) is 0 Å². The van der Waals surface area contributed by atoms with Gasteiger partial charge in [0, 0.05) is 38.1 Å². The standard InChI is InChI=1S/C15H16F4N4O/c16-10-1-2-12-11(9-10)13(21-14(20-12)15(17,18)19)23-5-3-22(4-6-23)7-8-24/h1-2,9,24H,3-8H2. The second-order valence-corrected chi connectivity index (χ2v) is 5.58. The van der Waals surface area contributed by atoms with Gasteiger partial charge < -0.3 is 10.0 Å². The monoisotopic (exact) mass is 344 g/mol. The summed E-state index contributed by atoms with van der Waals surface area (Å²) >= 11 is 0. The Kier molecular flexibility index (Phi) is 4.55. The van der Waals surface area contributed by atoms with Gasteiger partial charge in [0.2, 0.25) is 5.82 Å². The molecule has 0 saturated carbocycles. The van der Waals surface area contributed by atoms with Gasteiger partial charge in [0.25, 0.3) is 0 Å². The molecule has 3 rings (SSSR count). The van der Waals surface area contributed by atoms with Gasteiger partial charge in [-0.1, -0.05) is 0 Å². The molecule has 24 heavy (non-hydrogen) atoms. The van der Waals surface area contributed by atoms with Crippen LogP contribution in [-0.2, 0) is 6.18 Å². The molecule has 0 spiro atoms. The van der Waals surface area contributed by atoms with Crippen molar-refractivity contribution in [1.82, 2.24) is 14.9 Å². The SMILES string of the molecule is OCCN1CCN(c2nc(C(F)(F)F)nc3ccc(F)cc23)CC1. The molecule has 1 aliphatic heterocycles. The van der Waals surface area contributed by atoms with E-state index in [0.29, 0.717) is 32.7 Å². The van der Waals surface area contributed by atoms with Crippen LogP contribution in [0.2, 0.25) is 0 Å². The molecule has 0 aliphatic carbocycles. The number of hydrogen-bond acceptors (Lipinski definition) is 5. The number of halogens is 4. The van der Waals surface area contributed by atoms with E-state index in [2.05, 4.69) is 9.97 Å². The van der Waals surface area contributed by atoms with Crippen LogP contribution in [0.4, 0.5) is 23.4 Å². The molecule has 1 aromatic carbocycles. The summed E-state index contributed by atoms with van der Waals surface area (Å²) in [4.78, 5) is 10.9. The number of fused-ring (bicyclic) bond motifs is 1. The van der Waals surface area contributed by atoms with Crippen LogP contribution < -0.4 is 4.90 Å². The number of aliphatic hydroxyl groups excluding tert-OH is 1. The first-order valence-electron chi connectivity index (χ1n) is 7.51. The highest BCUT2D eigenvalue weighted by atomic mass is 19.4. The van der Waals surface area contributed by atoms with Gasteiger partial charge in [-0.25, -0.2) is 14.4 Å². The van der Waals surface area contributed by atoms with Crippen molar-refractivity contribution in [1.29, 1.82) is 0 Å². The van der Waals surface area contributed by atoms with Crippen molar-refractivity contribution in [3.05, 3.63) is 29.8 Å². The summed E-state index contributed by atoms with van der Waals surface area (Å²) in [5, 5.41) is 9.22. The number of nitrogens with zero attached hydrogens (tertiary/aromatic N) is 4. The Labute approximate surface area is 135 Å². The smallest absolute Gasteiger partial charge is 0.395 e. The Morgan fingerprint density at radius 2 is 1.79 bits per heavy atom. The van der Waals surface area contributed by atoms with E-state index in [1.807, 2.05) is 4.90 Å². The minimum atomic E-state index is -4.67. The zero-order valence-corrected chi connectivity index (χ0v) is 12.7. The van der Waals surface area contributed by atoms with Crippen molar-refractivity contribution in [3.8, 4) is 0 Å². The third-order valence-corrected chi connectivity index (χ3v) is 3.98. The molecule has 0 radical (unpaired) electrons. The highest BCUT2D eigenvalue weighted by molar-refractivity contribution is 5.89. The first kappa shape index (κ1) is 16.8. The highest BCUT2D eigenvalue weighted by Crippen LogP contribution is 2.32. The van der Waals surface area contributed by atoms with Crippen molar-refractivity contribution >= 4 is 16.7 Å². The maximum absolute atomic E-state index is 13.5. The minimum Gasteiger partial charge on any atom is -0.395 e. The van der Waals surface area contributed by atoms with E-state index >= 15 is 0 Å². The number of β-amino-alcohol motifs (C(OH)–C–C–N with tert-alkyl or cyclic N) is 1. The van der Waals surface area contributed by atoms with Gasteiger partial charge in [-0.05, 0) is 18.2 Å². The summed E-state index contributed by atoms with van der Waals surface area (Å²) in [7, 11) is 0. The average molecular weight is 344 g/mol. The van der Waals surface area contributed by atoms with Crippen LogP contribution in [0.5, 0.6) is 0 Å². The quantitative estimate of drug-likeness (QED) is 0.862. The first-order chi connectivity index (χ1) is 11.4. The molecule has 130 valence electrons. The lowest BCUT2D eigenvalue weighted by Crippen LogP contribution is -2.47. The molecular formula is C15H16F4N4O. The summed E-state index contributed by atoms with van der Waals surface area (Å²) in [6.07, 6.45) is -4.67. The molecule has 9 heteroatoms. The molecule has 0 bridgehead atoms. The van der Waals surface area contributed by atoms with E-state index in [4.69, 9.17) is 5.11 Å².